The molecule has 1 aromatic rings. The maximum Gasteiger partial charge on any atom is 0.236 e. The van der Waals surface area contributed by atoms with Crippen LogP contribution in [0.25, 0.3) is 0 Å². The minimum absolute atomic E-state index is 0. The zero-order chi connectivity index (χ0) is 15.9. The quantitative estimate of drug-likeness (QED) is 0.798. The van der Waals surface area contributed by atoms with Crippen molar-refractivity contribution in [3.8, 4) is 5.75 Å². The third kappa shape index (κ3) is 6.13. The topological polar surface area (TPSA) is 67.6 Å². The third-order valence-electron chi connectivity index (χ3n) is 4.21. The Morgan fingerprint density at radius 1 is 1.25 bits per heavy atom. The first kappa shape index (κ1) is 23.0. The molecule has 1 aliphatic heterocycles. The monoisotopic (exact) mass is 377 g/mol. The van der Waals surface area contributed by atoms with Crippen LogP contribution < -0.4 is 15.8 Å². The molecule has 5 nitrogen and oxygen atoms in total. The number of nitrogens with zero attached hydrogens (tertiary/aromatic N) is 1. The smallest absolute Gasteiger partial charge is 0.236 e. The number of para-hydroxylation sites is 1. The Morgan fingerprint density at radius 3 is 2.46 bits per heavy atom. The molecule has 0 aromatic heterocycles. The Morgan fingerprint density at radius 2 is 1.88 bits per heavy atom. The summed E-state index contributed by atoms with van der Waals surface area (Å²) in [5, 5.41) is 2.97. The fraction of sp³-hybridized carbons (Fsp3) is 0.588. The third-order valence-corrected chi connectivity index (χ3v) is 4.21. The van der Waals surface area contributed by atoms with Gasteiger partial charge in [0, 0.05) is 12.1 Å². The van der Waals surface area contributed by atoms with Crippen LogP contribution in [0.2, 0.25) is 0 Å². The van der Waals surface area contributed by atoms with Gasteiger partial charge in [-0.05, 0) is 38.9 Å². The molecule has 1 heterocycles. The van der Waals surface area contributed by atoms with E-state index in [9.17, 15) is 4.79 Å². The van der Waals surface area contributed by atoms with E-state index in [-0.39, 0.29) is 36.8 Å². The van der Waals surface area contributed by atoms with Crippen LogP contribution in [0.4, 0.5) is 0 Å². The predicted octanol–water partition coefficient (Wildman–Crippen LogP) is 2.53. The molecule has 2 rings (SSSR count). The number of benzene rings is 1. The number of carbonyl (C=O) groups is 1. The number of likely N-dealkylation sites (tertiary alicyclic amines) is 1. The van der Waals surface area contributed by atoms with Gasteiger partial charge in [-0.1, -0.05) is 24.6 Å². The summed E-state index contributed by atoms with van der Waals surface area (Å²) in [4.78, 5) is 14.3. The fourth-order valence-corrected chi connectivity index (χ4v) is 2.97. The van der Waals surface area contributed by atoms with E-state index in [1.54, 1.807) is 14.0 Å². The summed E-state index contributed by atoms with van der Waals surface area (Å²) >= 11 is 0. The molecule has 1 amide bonds. The fourth-order valence-electron chi connectivity index (χ4n) is 2.97. The van der Waals surface area contributed by atoms with Crippen LogP contribution in [0.1, 0.15) is 37.8 Å². The van der Waals surface area contributed by atoms with E-state index < -0.39 is 6.04 Å². The van der Waals surface area contributed by atoms with E-state index in [0.717, 1.165) is 24.4 Å². The van der Waals surface area contributed by atoms with Crippen molar-refractivity contribution in [2.75, 3.05) is 26.7 Å². The van der Waals surface area contributed by atoms with Crippen molar-refractivity contribution in [1.29, 1.82) is 0 Å². The molecule has 1 saturated heterocycles. The van der Waals surface area contributed by atoms with Crippen molar-refractivity contribution in [3.05, 3.63) is 29.8 Å². The van der Waals surface area contributed by atoms with Gasteiger partial charge < -0.3 is 15.8 Å². The first-order chi connectivity index (χ1) is 10.6. The zero-order valence-electron chi connectivity index (χ0n) is 14.4. The van der Waals surface area contributed by atoms with Crippen molar-refractivity contribution in [2.24, 2.45) is 5.73 Å². The summed E-state index contributed by atoms with van der Waals surface area (Å²) in [6.07, 6.45) is 3.68. The molecule has 2 atom stereocenters. The molecule has 0 spiro atoms. The Bertz CT molecular complexity index is 494. The molecule has 1 aromatic carbocycles. The summed E-state index contributed by atoms with van der Waals surface area (Å²) in [5.41, 5.74) is 6.77. The van der Waals surface area contributed by atoms with E-state index in [1.165, 1.54) is 19.3 Å². The van der Waals surface area contributed by atoms with Crippen LogP contribution in [-0.4, -0.2) is 43.6 Å². The molecule has 0 bridgehead atoms. The maximum atomic E-state index is 11.8. The second-order valence-electron chi connectivity index (χ2n) is 5.89. The molecule has 24 heavy (non-hydrogen) atoms. The highest BCUT2D eigenvalue weighted by molar-refractivity contribution is 5.85. The summed E-state index contributed by atoms with van der Waals surface area (Å²) in [6, 6.07) is 7.67. The van der Waals surface area contributed by atoms with Gasteiger partial charge in [-0.3, -0.25) is 9.69 Å². The van der Waals surface area contributed by atoms with Crippen LogP contribution in [0.15, 0.2) is 24.3 Å². The lowest BCUT2D eigenvalue weighted by Gasteiger charge is -2.35. The van der Waals surface area contributed by atoms with E-state index >= 15 is 0 Å². The lowest BCUT2D eigenvalue weighted by Crippen LogP contribution is -2.44. The number of nitrogens with two attached hydrogens (primary N) is 1. The van der Waals surface area contributed by atoms with Crippen LogP contribution in [-0.2, 0) is 4.79 Å². The molecule has 3 N–H and O–H groups in total. The van der Waals surface area contributed by atoms with Crippen molar-refractivity contribution in [2.45, 2.75) is 38.3 Å². The average molecular weight is 378 g/mol. The Labute approximate surface area is 157 Å². The highest BCUT2D eigenvalue weighted by Gasteiger charge is 2.25. The number of carbonyl (C=O) groups excluding carboxylic acids is 1. The number of ether oxygens (including phenoxy) is 1. The summed E-state index contributed by atoms with van der Waals surface area (Å²) < 4.78 is 5.51. The first-order valence-corrected chi connectivity index (χ1v) is 8.03. The van der Waals surface area contributed by atoms with Gasteiger partial charge in [-0.25, -0.2) is 0 Å². The van der Waals surface area contributed by atoms with Crippen molar-refractivity contribution < 1.29 is 9.53 Å². The average Bonchev–Trinajstić information content (AvgIpc) is 2.56. The van der Waals surface area contributed by atoms with Crippen molar-refractivity contribution >= 4 is 30.7 Å². The molecule has 7 heteroatoms. The predicted molar refractivity (Wildman–Crippen MR) is 102 cm³/mol. The van der Waals surface area contributed by atoms with Gasteiger partial charge >= 0.3 is 0 Å². The number of nitrogens with one attached hydrogen (secondary N) is 1. The largest absolute Gasteiger partial charge is 0.496 e. The molecule has 1 fully saturated rings. The number of methoxy groups -OCH3 is 1. The van der Waals surface area contributed by atoms with Gasteiger partial charge in [0.2, 0.25) is 5.91 Å². The molecule has 138 valence electrons. The van der Waals surface area contributed by atoms with Gasteiger partial charge in [-0.15, -0.1) is 24.8 Å². The highest BCUT2D eigenvalue weighted by Crippen LogP contribution is 2.30. The van der Waals surface area contributed by atoms with E-state index in [4.69, 9.17) is 10.5 Å². The molecular weight excluding hydrogens is 349 g/mol. The van der Waals surface area contributed by atoms with Crippen molar-refractivity contribution in [1.82, 2.24) is 10.2 Å². The van der Waals surface area contributed by atoms with Crippen molar-refractivity contribution in [3.63, 3.8) is 0 Å². The van der Waals surface area contributed by atoms with Crippen LogP contribution in [0, 0.1) is 0 Å². The molecule has 0 saturated carbocycles. The van der Waals surface area contributed by atoms with E-state index in [0.29, 0.717) is 6.54 Å². The normalized spacial score (nSPS) is 17.0. The SMILES string of the molecule is COc1ccccc1C(CNC(=O)[C@@H](C)N)N1CCCCC1.Cl.Cl. The number of rotatable bonds is 6. The number of hydrogen-bond donors (Lipinski definition) is 2. The zero-order valence-corrected chi connectivity index (χ0v) is 16.0. The second-order valence-corrected chi connectivity index (χ2v) is 5.89. The Balaban J connectivity index is 0.00000264. The van der Waals surface area contributed by atoms with Gasteiger partial charge in [0.15, 0.2) is 0 Å². The van der Waals surface area contributed by atoms with Gasteiger partial charge in [0.1, 0.15) is 5.75 Å². The van der Waals surface area contributed by atoms with Gasteiger partial charge in [0.25, 0.3) is 0 Å². The molecule has 1 aliphatic rings. The van der Waals surface area contributed by atoms with Gasteiger partial charge in [-0.2, -0.15) is 0 Å². The standard InChI is InChI=1S/C17H27N3O2.2ClH/c1-13(18)17(21)19-12-15(20-10-6-3-7-11-20)14-8-4-5-9-16(14)22-2;;/h4-5,8-9,13,15H,3,6-7,10-12,18H2,1-2H3,(H,19,21);2*1H/t13-,15?;;/m1../s1. The second kappa shape index (κ2) is 11.5. The number of hydrogen-bond acceptors (Lipinski definition) is 4. The highest BCUT2D eigenvalue weighted by atomic mass is 35.5. The minimum Gasteiger partial charge on any atom is -0.496 e. The van der Waals surface area contributed by atoms with E-state index in [2.05, 4.69) is 16.3 Å². The van der Waals surface area contributed by atoms with E-state index in [1.807, 2.05) is 18.2 Å². The molecular formula is C17H29Cl2N3O2. The lowest BCUT2D eigenvalue weighted by molar-refractivity contribution is -0.122. The van der Waals surface area contributed by atoms with Gasteiger partial charge in [0.05, 0.1) is 19.2 Å². The summed E-state index contributed by atoms with van der Waals surface area (Å²) in [6.45, 7) is 4.36. The summed E-state index contributed by atoms with van der Waals surface area (Å²) in [5.74, 6) is 0.755. The number of amides is 1. The lowest BCUT2D eigenvalue weighted by atomic mass is 10.0. The molecule has 0 aliphatic carbocycles. The summed E-state index contributed by atoms with van der Waals surface area (Å²) in [7, 11) is 1.69. The van der Waals surface area contributed by atoms with Crippen LogP contribution in [0.5, 0.6) is 5.75 Å². The maximum absolute atomic E-state index is 11.8. The van der Waals surface area contributed by atoms with Crippen LogP contribution in [0.3, 0.4) is 0 Å². The Kier molecular flexibility index (Phi) is 11.0. The van der Waals surface area contributed by atoms with Crippen LogP contribution >= 0.6 is 24.8 Å². The Hall–Kier alpha value is -1.01. The molecule has 1 unspecified atom stereocenters. The number of halogens is 2. The minimum atomic E-state index is -0.486. The molecule has 0 radical (unpaired) electrons. The first-order valence-electron chi connectivity index (χ1n) is 8.03. The number of piperidine rings is 1.